The number of hydrogen-bond acceptors (Lipinski definition) is 4. The molecule has 1 aromatic heterocycles. The van der Waals surface area contributed by atoms with Crippen LogP contribution in [0.5, 0.6) is 5.75 Å². The van der Waals surface area contributed by atoms with Crippen LogP contribution in [0.3, 0.4) is 0 Å². The van der Waals surface area contributed by atoms with Crippen molar-refractivity contribution in [3.63, 3.8) is 0 Å². The van der Waals surface area contributed by atoms with E-state index >= 15 is 0 Å². The average Bonchev–Trinajstić information content (AvgIpc) is 2.96. The van der Waals surface area contributed by atoms with E-state index < -0.39 is 6.10 Å². The molecule has 0 spiro atoms. The fourth-order valence-electron chi connectivity index (χ4n) is 2.22. The smallest absolute Gasteiger partial charge is 0.124 e. The van der Waals surface area contributed by atoms with Gasteiger partial charge in [-0.05, 0) is 26.8 Å². The third-order valence-corrected chi connectivity index (χ3v) is 3.49. The molecule has 1 unspecified atom stereocenters. The molecule has 0 radical (unpaired) electrons. The third-order valence-electron chi connectivity index (χ3n) is 3.49. The van der Waals surface area contributed by atoms with E-state index in [9.17, 15) is 5.11 Å². The van der Waals surface area contributed by atoms with Crippen LogP contribution in [0.4, 0.5) is 0 Å². The quantitative estimate of drug-likeness (QED) is 0.860. The second-order valence-electron chi connectivity index (χ2n) is 6.35. The molecule has 0 aliphatic carbocycles. The lowest BCUT2D eigenvalue weighted by molar-refractivity contribution is 0.170. The van der Waals surface area contributed by atoms with Gasteiger partial charge in [0.05, 0.1) is 24.9 Å². The molecule has 0 fully saturated rings. The molecular weight excluding hydrogens is 278 g/mol. The Morgan fingerprint density at radius 3 is 2.68 bits per heavy atom. The number of hydrogen-bond donors (Lipinski definition) is 2. The van der Waals surface area contributed by atoms with Crippen molar-refractivity contribution in [3.8, 4) is 5.75 Å². The van der Waals surface area contributed by atoms with Gasteiger partial charge in [0.2, 0.25) is 0 Å². The third kappa shape index (κ3) is 4.08. The predicted molar refractivity (Wildman–Crippen MR) is 86.9 cm³/mol. The molecule has 22 heavy (non-hydrogen) atoms. The molecule has 0 aliphatic heterocycles. The Bertz CT molecular complexity index is 602. The first-order valence-corrected chi connectivity index (χ1v) is 7.47. The van der Waals surface area contributed by atoms with E-state index in [1.54, 1.807) is 7.11 Å². The standard InChI is InChI=1S/C17H25N3O2/c1-17(2,3)20-12-13(10-19-20)9-18-11-15(21)14-7-5-6-8-16(14)22-4/h5-8,10,12,15,18,21H,9,11H2,1-4H3. The van der Waals surface area contributed by atoms with Crippen molar-refractivity contribution in [2.24, 2.45) is 0 Å². The van der Waals surface area contributed by atoms with E-state index in [1.807, 2.05) is 41.3 Å². The van der Waals surface area contributed by atoms with E-state index in [-0.39, 0.29) is 5.54 Å². The maximum absolute atomic E-state index is 10.3. The number of ether oxygens (including phenoxy) is 1. The largest absolute Gasteiger partial charge is 0.496 e. The minimum absolute atomic E-state index is 0.0187. The van der Waals surface area contributed by atoms with Crippen LogP contribution in [0.15, 0.2) is 36.7 Å². The molecule has 1 atom stereocenters. The van der Waals surface area contributed by atoms with Crippen LogP contribution in [0, 0.1) is 0 Å². The van der Waals surface area contributed by atoms with Gasteiger partial charge in [0.25, 0.3) is 0 Å². The number of aliphatic hydroxyl groups excluding tert-OH is 1. The SMILES string of the molecule is COc1ccccc1C(O)CNCc1cnn(C(C)(C)C)c1. The molecule has 0 saturated heterocycles. The molecule has 1 heterocycles. The number of aliphatic hydroxyl groups is 1. The zero-order valence-electron chi connectivity index (χ0n) is 13.7. The summed E-state index contributed by atoms with van der Waals surface area (Å²) < 4.78 is 7.22. The van der Waals surface area contributed by atoms with E-state index in [0.717, 1.165) is 11.1 Å². The van der Waals surface area contributed by atoms with Crippen LogP contribution in [-0.4, -0.2) is 28.5 Å². The zero-order valence-corrected chi connectivity index (χ0v) is 13.7. The van der Waals surface area contributed by atoms with Crippen LogP contribution in [0.2, 0.25) is 0 Å². The van der Waals surface area contributed by atoms with Crippen molar-refractivity contribution in [1.29, 1.82) is 0 Å². The number of rotatable bonds is 6. The van der Waals surface area contributed by atoms with Crippen molar-refractivity contribution >= 4 is 0 Å². The van der Waals surface area contributed by atoms with Gasteiger partial charge in [-0.15, -0.1) is 0 Å². The van der Waals surface area contributed by atoms with Crippen molar-refractivity contribution in [2.75, 3.05) is 13.7 Å². The van der Waals surface area contributed by atoms with Crippen LogP contribution >= 0.6 is 0 Å². The maximum atomic E-state index is 10.3. The van der Waals surface area contributed by atoms with Gasteiger partial charge in [-0.1, -0.05) is 18.2 Å². The van der Waals surface area contributed by atoms with Gasteiger partial charge in [-0.3, -0.25) is 4.68 Å². The number of para-hydroxylation sites is 1. The molecule has 5 heteroatoms. The van der Waals surface area contributed by atoms with Gasteiger partial charge in [0, 0.05) is 30.4 Å². The van der Waals surface area contributed by atoms with Crippen molar-refractivity contribution in [3.05, 3.63) is 47.8 Å². The van der Waals surface area contributed by atoms with E-state index in [2.05, 4.69) is 31.2 Å². The lowest BCUT2D eigenvalue weighted by Crippen LogP contribution is -2.23. The monoisotopic (exact) mass is 303 g/mol. The van der Waals surface area contributed by atoms with Crippen LogP contribution < -0.4 is 10.1 Å². The van der Waals surface area contributed by atoms with Gasteiger partial charge in [-0.25, -0.2) is 0 Å². The number of methoxy groups -OCH3 is 1. The lowest BCUT2D eigenvalue weighted by Gasteiger charge is -2.18. The summed E-state index contributed by atoms with van der Waals surface area (Å²) in [6, 6.07) is 7.52. The van der Waals surface area contributed by atoms with Crippen molar-refractivity contribution in [1.82, 2.24) is 15.1 Å². The highest BCUT2D eigenvalue weighted by Crippen LogP contribution is 2.24. The molecule has 2 aromatic rings. The molecule has 2 N–H and O–H groups in total. The molecule has 0 bridgehead atoms. The van der Waals surface area contributed by atoms with E-state index in [4.69, 9.17) is 4.74 Å². The first-order valence-electron chi connectivity index (χ1n) is 7.47. The Morgan fingerprint density at radius 2 is 2.05 bits per heavy atom. The highest BCUT2D eigenvalue weighted by Gasteiger charge is 2.15. The second kappa shape index (κ2) is 6.94. The number of nitrogens with one attached hydrogen (secondary N) is 1. The van der Waals surface area contributed by atoms with E-state index in [1.165, 1.54) is 0 Å². The Hall–Kier alpha value is -1.85. The Morgan fingerprint density at radius 1 is 1.32 bits per heavy atom. The Labute approximate surface area is 131 Å². The summed E-state index contributed by atoms with van der Waals surface area (Å²) in [6.07, 6.45) is 3.28. The van der Waals surface area contributed by atoms with Crippen molar-refractivity contribution in [2.45, 2.75) is 39.0 Å². The zero-order chi connectivity index (χ0) is 16.2. The normalized spacial score (nSPS) is 13.1. The lowest BCUT2D eigenvalue weighted by atomic mass is 10.1. The first-order chi connectivity index (χ1) is 10.4. The summed E-state index contributed by atoms with van der Waals surface area (Å²) in [4.78, 5) is 0. The van der Waals surface area contributed by atoms with Crippen LogP contribution in [-0.2, 0) is 12.1 Å². The summed E-state index contributed by atoms with van der Waals surface area (Å²) in [5.41, 5.74) is 1.87. The first kappa shape index (κ1) is 16.5. The fourth-order valence-corrected chi connectivity index (χ4v) is 2.22. The molecular formula is C17H25N3O2. The molecule has 120 valence electrons. The molecule has 5 nitrogen and oxygen atoms in total. The molecule has 1 aromatic carbocycles. The topological polar surface area (TPSA) is 59.3 Å². The summed E-state index contributed by atoms with van der Waals surface area (Å²) >= 11 is 0. The van der Waals surface area contributed by atoms with Gasteiger partial charge in [0.1, 0.15) is 5.75 Å². The van der Waals surface area contributed by atoms with Crippen LogP contribution in [0.25, 0.3) is 0 Å². The highest BCUT2D eigenvalue weighted by atomic mass is 16.5. The summed E-state index contributed by atoms with van der Waals surface area (Å²) in [6.45, 7) is 7.47. The second-order valence-corrected chi connectivity index (χ2v) is 6.35. The average molecular weight is 303 g/mol. The Balaban J connectivity index is 1.89. The Kier molecular flexibility index (Phi) is 5.21. The molecule has 0 saturated carbocycles. The number of nitrogens with zero attached hydrogens (tertiary/aromatic N) is 2. The maximum Gasteiger partial charge on any atom is 0.124 e. The molecule has 0 aliphatic rings. The number of benzene rings is 1. The molecule has 0 amide bonds. The molecule has 2 rings (SSSR count). The number of aromatic nitrogens is 2. The minimum Gasteiger partial charge on any atom is -0.496 e. The summed E-state index contributed by atoms with van der Waals surface area (Å²) in [7, 11) is 1.61. The van der Waals surface area contributed by atoms with Gasteiger partial charge in [0.15, 0.2) is 0 Å². The summed E-state index contributed by atoms with van der Waals surface area (Å²) in [5, 5.41) is 17.9. The van der Waals surface area contributed by atoms with Gasteiger partial charge >= 0.3 is 0 Å². The van der Waals surface area contributed by atoms with Gasteiger partial charge in [-0.2, -0.15) is 5.10 Å². The van der Waals surface area contributed by atoms with Gasteiger partial charge < -0.3 is 15.2 Å². The van der Waals surface area contributed by atoms with Crippen LogP contribution in [0.1, 0.15) is 38.0 Å². The predicted octanol–water partition coefficient (Wildman–Crippen LogP) is 2.47. The summed E-state index contributed by atoms with van der Waals surface area (Å²) in [5.74, 6) is 0.706. The minimum atomic E-state index is -0.603. The highest BCUT2D eigenvalue weighted by molar-refractivity contribution is 5.35. The van der Waals surface area contributed by atoms with Crippen molar-refractivity contribution < 1.29 is 9.84 Å². The fraction of sp³-hybridized carbons (Fsp3) is 0.471. The van der Waals surface area contributed by atoms with E-state index in [0.29, 0.717) is 18.8 Å².